The highest BCUT2D eigenvalue weighted by atomic mass is 35.5. The first-order valence-electron chi connectivity index (χ1n) is 3.87. The molecular weight excluding hydrogens is 186 g/mol. The lowest BCUT2D eigenvalue weighted by atomic mass is 10.2. The second kappa shape index (κ2) is 4.67. The molecule has 0 fully saturated rings. The Bertz CT molecular complexity index is 316. The molecule has 1 aromatic rings. The monoisotopic (exact) mass is 195 g/mol. The lowest BCUT2D eigenvalue weighted by Gasteiger charge is -2.01. The van der Waals surface area contributed by atoms with E-state index < -0.39 is 0 Å². The van der Waals surface area contributed by atoms with Gasteiger partial charge in [0.15, 0.2) is 0 Å². The van der Waals surface area contributed by atoms with E-state index in [1.54, 1.807) is 0 Å². The van der Waals surface area contributed by atoms with Crippen LogP contribution in [0.3, 0.4) is 0 Å². The smallest absolute Gasteiger partial charge is 0.249 e. The van der Waals surface area contributed by atoms with Crippen molar-refractivity contribution in [2.45, 2.75) is 6.92 Å². The van der Waals surface area contributed by atoms with Gasteiger partial charge in [-0.25, -0.2) is 0 Å². The second-order valence-electron chi connectivity index (χ2n) is 2.65. The molecule has 1 amide bonds. The maximum absolute atomic E-state index is 11.0. The predicted octanol–water partition coefficient (Wildman–Crippen LogP) is 2.69. The average molecular weight is 196 g/mol. The summed E-state index contributed by atoms with van der Waals surface area (Å²) in [4.78, 5) is 11.0. The molecule has 1 N–H and O–H groups in total. The van der Waals surface area contributed by atoms with Crippen LogP contribution in [0.15, 0.2) is 35.9 Å². The van der Waals surface area contributed by atoms with Gasteiger partial charge in [-0.15, -0.1) is 0 Å². The summed E-state index contributed by atoms with van der Waals surface area (Å²) in [7, 11) is 0. The molecule has 0 aromatic heterocycles. The molecule has 0 aliphatic rings. The molecule has 0 aliphatic heterocycles. The quantitative estimate of drug-likeness (QED) is 0.723. The number of halogens is 1. The third kappa shape index (κ3) is 3.30. The number of hydrogen-bond acceptors (Lipinski definition) is 1. The number of hydrogen-bond donors (Lipinski definition) is 1. The molecule has 1 aromatic carbocycles. The average Bonchev–Trinajstić information content (AvgIpc) is 2.09. The van der Waals surface area contributed by atoms with E-state index in [-0.39, 0.29) is 5.91 Å². The molecule has 0 heterocycles. The Kier molecular flexibility index (Phi) is 3.53. The van der Waals surface area contributed by atoms with Gasteiger partial charge in [-0.05, 0) is 19.1 Å². The molecule has 3 heteroatoms. The van der Waals surface area contributed by atoms with Gasteiger partial charge in [0, 0.05) is 17.3 Å². The van der Waals surface area contributed by atoms with Crippen LogP contribution in [0.4, 0.5) is 5.69 Å². The maximum atomic E-state index is 11.0. The zero-order valence-corrected chi connectivity index (χ0v) is 8.01. The van der Waals surface area contributed by atoms with Crippen LogP contribution >= 0.6 is 11.6 Å². The van der Waals surface area contributed by atoms with Crippen LogP contribution in [-0.4, -0.2) is 5.91 Å². The minimum absolute atomic E-state index is 0.223. The van der Waals surface area contributed by atoms with Crippen molar-refractivity contribution in [3.05, 3.63) is 41.4 Å². The van der Waals surface area contributed by atoms with Crippen LogP contribution in [0, 0.1) is 6.92 Å². The molecule has 13 heavy (non-hydrogen) atoms. The molecule has 0 atom stereocenters. The van der Waals surface area contributed by atoms with E-state index in [1.807, 2.05) is 31.2 Å². The molecule has 0 saturated heterocycles. The molecule has 0 unspecified atom stereocenters. The van der Waals surface area contributed by atoms with Crippen molar-refractivity contribution in [3.8, 4) is 0 Å². The predicted molar refractivity (Wildman–Crippen MR) is 54.8 cm³/mol. The molecule has 0 spiro atoms. The van der Waals surface area contributed by atoms with Gasteiger partial charge in [0.2, 0.25) is 5.91 Å². The fourth-order valence-corrected chi connectivity index (χ4v) is 0.992. The van der Waals surface area contributed by atoms with E-state index in [9.17, 15) is 4.79 Å². The number of aryl methyl sites for hydroxylation is 1. The van der Waals surface area contributed by atoms with E-state index in [1.165, 1.54) is 11.6 Å². The molecule has 2 nitrogen and oxygen atoms in total. The molecule has 0 aliphatic carbocycles. The molecule has 0 saturated carbocycles. The summed E-state index contributed by atoms with van der Waals surface area (Å²) in [6.45, 7) is 1.99. The lowest BCUT2D eigenvalue weighted by molar-refractivity contribution is -0.111. The van der Waals surface area contributed by atoms with Crippen molar-refractivity contribution in [2.75, 3.05) is 5.32 Å². The number of rotatable bonds is 2. The third-order valence-corrected chi connectivity index (χ3v) is 1.66. The number of benzene rings is 1. The summed E-state index contributed by atoms with van der Waals surface area (Å²) < 4.78 is 0. The fourth-order valence-electron chi connectivity index (χ4n) is 0.878. The van der Waals surface area contributed by atoms with Crippen LogP contribution in [0.5, 0.6) is 0 Å². The van der Waals surface area contributed by atoms with Gasteiger partial charge in [0.05, 0.1) is 0 Å². The minimum Gasteiger partial charge on any atom is -0.322 e. The Morgan fingerprint density at radius 3 is 2.54 bits per heavy atom. The van der Waals surface area contributed by atoms with Crippen LogP contribution < -0.4 is 5.32 Å². The minimum atomic E-state index is -0.223. The third-order valence-electron chi connectivity index (χ3n) is 1.53. The van der Waals surface area contributed by atoms with E-state index in [0.29, 0.717) is 0 Å². The topological polar surface area (TPSA) is 29.1 Å². The van der Waals surface area contributed by atoms with Crippen molar-refractivity contribution in [1.82, 2.24) is 0 Å². The molecule has 68 valence electrons. The SMILES string of the molecule is Cc1ccc(NC(=O)/C=C\Cl)cc1. The highest BCUT2D eigenvalue weighted by molar-refractivity contribution is 6.27. The van der Waals surface area contributed by atoms with E-state index in [4.69, 9.17) is 11.6 Å². The first-order valence-corrected chi connectivity index (χ1v) is 4.30. The highest BCUT2D eigenvalue weighted by Crippen LogP contribution is 2.08. The van der Waals surface area contributed by atoms with Crippen molar-refractivity contribution in [3.63, 3.8) is 0 Å². The highest BCUT2D eigenvalue weighted by Gasteiger charge is 1.95. The molecule has 0 bridgehead atoms. The van der Waals surface area contributed by atoms with Gasteiger partial charge in [0.1, 0.15) is 0 Å². The molecular formula is C10H10ClNO. The summed E-state index contributed by atoms with van der Waals surface area (Å²) >= 11 is 5.25. The Balaban J connectivity index is 2.64. The Morgan fingerprint density at radius 2 is 2.00 bits per heavy atom. The van der Waals surface area contributed by atoms with Crippen molar-refractivity contribution in [1.29, 1.82) is 0 Å². The van der Waals surface area contributed by atoms with Crippen LogP contribution in [0.1, 0.15) is 5.56 Å². The van der Waals surface area contributed by atoms with Crippen molar-refractivity contribution < 1.29 is 4.79 Å². The number of carbonyl (C=O) groups excluding carboxylic acids is 1. The van der Waals surface area contributed by atoms with Gasteiger partial charge in [-0.2, -0.15) is 0 Å². The van der Waals surface area contributed by atoms with Crippen molar-refractivity contribution >= 4 is 23.2 Å². The normalized spacial score (nSPS) is 10.3. The Labute approximate surface area is 82.2 Å². The Hall–Kier alpha value is -1.28. The van der Waals surface area contributed by atoms with Gasteiger partial charge in [-0.3, -0.25) is 4.79 Å². The van der Waals surface area contributed by atoms with Gasteiger partial charge < -0.3 is 5.32 Å². The summed E-state index contributed by atoms with van der Waals surface area (Å²) in [6.07, 6.45) is 1.27. The zero-order chi connectivity index (χ0) is 9.68. The van der Waals surface area contributed by atoms with Crippen molar-refractivity contribution in [2.24, 2.45) is 0 Å². The maximum Gasteiger partial charge on any atom is 0.249 e. The largest absolute Gasteiger partial charge is 0.322 e. The second-order valence-corrected chi connectivity index (χ2v) is 2.90. The zero-order valence-electron chi connectivity index (χ0n) is 7.25. The van der Waals surface area contributed by atoms with Gasteiger partial charge >= 0.3 is 0 Å². The van der Waals surface area contributed by atoms with Gasteiger partial charge in [0.25, 0.3) is 0 Å². The summed E-state index contributed by atoms with van der Waals surface area (Å²) in [6, 6.07) is 7.55. The van der Waals surface area contributed by atoms with E-state index in [2.05, 4.69) is 5.32 Å². The number of nitrogens with one attached hydrogen (secondary N) is 1. The number of carbonyl (C=O) groups is 1. The summed E-state index contributed by atoms with van der Waals surface area (Å²) in [5.74, 6) is -0.223. The van der Waals surface area contributed by atoms with Crippen LogP contribution in [0.2, 0.25) is 0 Å². The molecule has 1 rings (SSSR count). The summed E-state index contributed by atoms with van der Waals surface area (Å²) in [5.41, 5.74) is 3.11. The standard InChI is InChI=1S/C10H10ClNO/c1-8-2-4-9(5-3-8)12-10(13)6-7-11/h2-7H,1H3,(H,12,13)/b7-6-. The number of anilines is 1. The van der Waals surface area contributed by atoms with Gasteiger partial charge in [-0.1, -0.05) is 29.3 Å². The van der Waals surface area contributed by atoms with Crippen LogP contribution in [0.25, 0.3) is 0 Å². The van der Waals surface area contributed by atoms with E-state index in [0.717, 1.165) is 11.3 Å². The fraction of sp³-hybridized carbons (Fsp3) is 0.100. The summed E-state index contributed by atoms with van der Waals surface area (Å²) in [5, 5.41) is 2.66. The van der Waals surface area contributed by atoms with E-state index >= 15 is 0 Å². The first-order chi connectivity index (χ1) is 6.22. The molecule has 0 radical (unpaired) electrons. The van der Waals surface area contributed by atoms with Crippen LogP contribution in [-0.2, 0) is 4.79 Å². The first kappa shape index (κ1) is 9.81. The lowest BCUT2D eigenvalue weighted by Crippen LogP contribution is -2.07. The Morgan fingerprint density at radius 1 is 1.38 bits per heavy atom. The number of amides is 1.